The topological polar surface area (TPSA) is 62.0 Å². The molecule has 1 aromatic heterocycles. The van der Waals surface area contributed by atoms with Gasteiger partial charge in [-0.2, -0.15) is 4.72 Å². The molecule has 5 heteroatoms. The lowest BCUT2D eigenvalue weighted by molar-refractivity contribution is 0.570. The van der Waals surface area contributed by atoms with Crippen molar-refractivity contribution in [1.29, 1.82) is 0 Å². The van der Waals surface area contributed by atoms with E-state index in [9.17, 15) is 8.42 Å². The quantitative estimate of drug-likeness (QED) is 0.658. The van der Waals surface area contributed by atoms with Gasteiger partial charge in [0, 0.05) is 17.8 Å². The van der Waals surface area contributed by atoms with E-state index in [2.05, 4.69) is 27.9 Å². The second-order valence-electron chi connectivity index (χ2n) is 6.89. The number of nitrogens with one attached hydrogen (secondary N) is 2. The molecular weight excluding hydrogens is 356 g/mol. The molecule has 0 bridgehead atoms. The lowest BCUT2D eigenvalue weighted by Gasteiger charge is -2.18. The Bertz CT molecular complexity index is 1040. The normalized spacial score (nSPS) is 14.7. The van der Waals surface area contributed by atoms with Gasteiger partial charge >= 0.3 is 0 Å². The molecule has 0 aliphatic heterocycles. The van der Waals surface area contributed by atoms with Gasteiger partial charge in [-0.3, -0.25) is 0 Å². The van der Waals surface area contributed by atoms with Gasteiger partial charge < -0.3 is 4.98 Å². The fourth-order valence-corrected chi connectivity index (χ4v) is 4.60. The number of fused-ring (bicyclic) bond motifs is 1. The number of hydrogen-bond acceptors (Lipinski definition) is 2. The van der Waals surface area contributed by atoms with E-state index >= 15 is 0 Å². The number of aryl methyl sites for hydroxylation is 1. The number of rotatable bonds is 5. The van der Waals surface area contributed by atoms with Crippen LogP contribution in [0.25, 0.3) is 0 Å². The first kappa shape index (κ1) is 17.8. The monoisotopic (exact) mass is 378 g/mol. The number of hydrogen-bond donors (Lipinski definition) is 2. The predicted molar refractivity (Wildman–Crippen MR) is 107 cm³/mol. The molecule has 0 amide bonds. The van der Waals surface area contributed by atoms with Crippen molar-refractivity contribution in [2.75, 3.05) is 0 Å². The number of H-pyrrole nitrogens is 1. The first-order chi connectivity index (χ1) is 13.0. The van der Waals surface area contributed by atoms with E-state index in [1.54, 1.807) is 12.1 Å². The molecule has 1 aliphatic carbocycles. The standard InChI is InChI=1S/C22H22N2O2S/c1-16-11-13-19(14-12-16)27(25,26)24-22(17-7-3-2-4-8-17)21-15-18-9-5-6-10-20(18)23-21/h2-8,11-15,22-24H,9-10H2,1H3. The zero-order valence-corrected chi connectivity index (χ0v) is 16.0. The number of sulfonamides is 1. The Hall–Kier alpha value is -2.63. The lowest BCUT2D eigenvalue weighted by atomic mass is 10.0. The zero-order valence-electron chi connectivity index (χ0n) is 15.1. The molecule has 0 fully saturated rings. The summed E-state index contributed by atoms with van der Waals surface area (Å²) in [6.07, 6.45) is 6.00. The summed E-state index contributed by atoms with van der Waals surface area (Å²) in [5.74, 6) is 0. The van der Waals surface area contributed by atoms with Gasteiger partial charge in [0.25, 0.3) is 0 Å². The Morgan fingerprint density at radius 1 is 0.963 bits per heavy atom. The average Bonchev–Trinajstić information content (AvgIpc) is 3.11. The van der Waals surface area contributed by atoms with Gasteiger partial charge in [-0.05, 0) is 42.7 Å². The predicted octanol–water partition coefficient (Wildman–Crippen LogP) is 4.05. The molecule has 27 heavy (non-hydrogen) atoms. The van der Waals surface area contributed by atoms with Gasteiger partial charge in [0.05, 0.1) is 10.9 Å². The van der Waals surface area contributed by atoms with Gasteiger partial charge in [-0.15, -0.1) is 0 Å². The fourth-order valence-electron chi connectivity index (χ4n) is 3.39. The number of benzene rings is 2. The highest BCUT2D eigenvalue weighted by molar-refractivity contribution is 7.89. The van der Waals surface area contributed by atoms with Crippen LogP contribution in [-0.4, -0.2) is 13.4 Å². The summed E-state index contributed by atoms with van der Waals surface area (Å²) in [4.78, 5) is 3.71. The van der Waals surface area contributed by atoms with Crippen LogP contribution in [-0.2, 0) is 22.9 Å². The molecule has 0 spiro atoms. The molecule has 4 rings (SSSR count). The van der Waals surface area contributed by atoms with Crippen molar-refractivity contribution in [2.45, 2.75) is 30.7 Å². The summed E-state index contributed by atoms with van der Waals surface area (Å²) in [7, 11) is -3.66. The van der Waals surface area contributed by atoms with Crippen LogP contribution >= 0.6 is 0 Å². The molecule has 4 nitrogen and oxygen atoms in total. The first-order valence-electron chi connectivity index (χ1n) is 9.02. The minimum absolute atomic E-state index is 0.270. The van der Waals surface area contributed by atoms with Crippen molar-refractivity contribution in [1.82, 2.24) is 9.71 Å². The van der Waals surface area contributed by atoms with Crippen LogP contribution in [0, 0.1) is 6.92 Å². The van der Waals surface area contributed by atoms with Crippen LogP contribution < -0.4 is 4.72 Å². The highest BCUT2D eigenvalue weighted by Gasteiger charge is 2.25. The van der Waals surface area contributed by atoms with Crippen LogP contribution in [0.1, 0.15) is 34.1 Å². The second-order valence-corrected chi connectivity index (χ2v) is 8.60. The van der Waals surface area contributed by atoms with Crippen molar-refractivity contribution in [3.63, 3.8) is 0 Å². The van der Waals surface area contributed by atoms with Crippen LogP contribution in [0.2, 0.25) is 0 Å². The molecule has 0 saturated carbocycles. The van der Waals surface area contributed by atoms with Crippen molar-refractivity contribution >= 4 is 10.0 Å². The third kappa shape index (κ3) is 3.75. The molecule has 3 aromatic rings. The third-order valence-electron chi connectivity index (χ3n) is 4.89. The second kappa shape index (κ2) is 7.18. The molecule has 0 radical (unpaired) electrons. The van der Waals surface area contributed by atoms with Crippen LogP contribution in [0.5, 0.6) is 0 Å². The van der Waals surface area contributed by atoms with Crippen molar-refractivity contribution in [3.8, 4) is 0 Å². The average molecular weight is 378 g/mol. The number of aromatic nitrogens is 1. The summed E-state index contributed by atoms with van der Waals surface area (Å²) in [5.41, 5.74) is 5.18. The van der Waals surface area contributed by atoms with E-state index in [1.165, 1.54) is 5.56 Å². The zero-order chi connectivity index (χ0) is 18.9. The van der Waals surface area contributed by atoms with E-state index in [1.807, 2.05) is 49.4 Å². The molecule has 1 aliphatic rings. The Morgan fingerprint density at radius 2 is 1.67 bits per heavy atom. The summed E-state index contributed by atoms with van der Waals surface area (Å²) >= 11 is 0. The van der Waals surface area contributed by atoms with Gasteiger partial charge in [0.15, 0.2) is 0 Å². The molecule has 1 unspecified atom stereocenters. The molecule has 138 valence electrons. The largest absolute Gasteiger partial charge is 0.360 e. The van der Waals surface area contributed by atoms with Crippen molar-refractivity contribution in [3.05, 3.63) is 101 Å². The lowest BCUT2D eigenvalue weighted by Crippen LogP contribution is -2.29. The maximum Gasteiger partial charge on any atom is 0.241 e. The van der Waals surface area contributed by atoms with Gasteiger partial charge in [0.1, 0.15) is 0 Å². The molecule has 2 aromatic carbocycles. The first-order valence-corrected chi connectivity index (χ1v) is 10.5. The Balaban J connectivity index is 1.73. The van der Waals surface area contributed by atoms with Crippen LogP contribution in [0.3, 0.4) is 0 Å². The number of allylic oxidation sites excluding steroid dienone is 2. The smallest absolute Gasteiger partial charge is 0.241 e. The Labute approximate surface area is 160 Å². The molecule has 1 atom stereocenters. The van der Waals surface area contributed by atoms with E-state index < -0.39 is 16.1 Å². The van der Waals surface area contributed by atoms with Gasteiger partial charge in [0.2, 0.25) is 10.0 Å². The Morgan fingerprint density at radius 3 is 2.37 bits per heavy atom. The molecule has 0 saturated heterocycles. The van der Waals surface area contributed by atoms with Crippen molar-refractivity contribution in [2.24, 2.45) is 0 Å². The highest BCUT2D eigenvalue weighted by Crippen LogP contribution is 2.28. The van der Waals surface area contributed by atoms with Crippen molar-refractivity contribution < 1.29 is 8.42 Å². The summed E-state index contributed by atoms with van der Waals surface area (Å²) in [6, 6.07) is 18.2. The Kier molecular flexibility index (Phi) is 4.72. The maximum atomic E-state index is 13.0. The van der Waals surface area contributed by atoms with E-state index in [0.717, 1.165) is 35.4 Å². The molecular formula is C22H22N2O2S. The van der Waals surface area contributed by atoms with Crippen LogP contribution in [0.4, 0.5) is 0 Å². The van der Waals surface area contributed by atoms with Crippen LogP contribution in [0.15, 0.2) is 77.7 Å². The SMILES string of the molecule is Cc1ccc(S(=O)(=O)NC(c2ccccc2)c2cc3c([nH]2)CC=CC3)cc1. The summed E-state index contributed by atoms with van der Waals surface area (Å²) in [6.45, 7) is 1.94. The molecule has 2 N–H and O–H groups in total. The third-order valence-corrected chi connectivity index (χ3v) is 6.33. The maximum absolute atomic E-state index is 13.0. The minimum Gasteiger partial charge on any atom is -0.360 e. The highest BCUT2D eigenvalue weighted by atomic mass is 32.2. The minimum atomic E-state index is -3.66. The molecule has 1 heterocycles. The fraction of sp³-hybridized carbons (Fsp3) is 0.182. The van der Waals surface area contributed by atoms with Gasteiger partial charge in [-0.1, -0.05) is 60.2 Å². The summed E-state index contributed by atoms with van der Waals surface area (Å²) < 4.78 is 28.9. The van der Waals surface area contributed by atoms with E-state index in [0.29, 0.717) is 0 Å². The summed E-state index contributed by atoms with van der Waals surface area (Å²) in [5, 5.41) is 0. The van der Waals surface area contributed by atoms with Gasteiger partial charge in [-0.25, -0.2) is 8.42 Å². The van der Waals surface area contributed by atoms with E-state index in [-0.39, 0.29) is 4.90 Å². The van der Waals surface area contributed by atoms with E-state index in [4.69, 9.17) is 0 Å². The number of aromatic amines is 1.